The number of nitriles is 1. The van der Waals surface area contributed by atoms with Gasteiger partial charge in [0.2, 0.25) is 0 Å². The van der Waals surface area contributed by atoms with Crippen LogP contribution in [0.25, 0.3) is 6.08 Å². The van der Waals surface area contributed by atoms with Crippen molar-refractivity contribution in [1.29, 1.82) is 5.26 Å². The number of rotatable bonds is 6. The fraction of sp³-hybridized carbons (Fsp3) is 0.389. The summed E-state index contributed by atoms with van der Waals surface area (Å²) >= 11 is 0. The summed E-state index contributed by atoms with van der Waals surface area (Å²) in [5, 5.41) is 11.9. The minimum atomic E-state index is -0.428. The fourth-order valence-corrected chi connectivity index (χ4v) is 2.35. The summed E-state index contributed by atoms with van der Waals surface area (Å²) in [6.45, 7) is 3.17. The molecule has 0 unspecified atom stereocenters. The fourth-order valence-electron chi connectivity index (χ4n) is 2.35. The third-order valence-electron chi connectivity index (χ3n) is 3.61. The lowest BCUT2D eigenvalue weighted by molar-refractivity contribution is -0.117. The molecule has 1 heterocycles. The van der Waals surface area contributed by atoms with Crippen molar-refractivity contribution in [2.45, 2.75) is 25.9 Å². The van der Waals surface area contributed by atoms with E-state index in [0.717, 1.165) is 12.8 Å². The third-order valence-corrected chi connectivity index (χ3v) is 3.61. The van der Waals surface area contributed by atoms with Crippen LogP contribution in [0.4, 0.5) is 0 Å². The van der Waals surface area contributed by atoms with Crippen molar-refractivity contribution in [2.75, 3.05) is 19.8 Å². The van der Waals surface area contributed by atoms with Crippen LogP contribution in [-0.2, 0) is 14.3 Å². The molecule has 6 nitrogen and oxygen atoms in total. The van der Waals surface area contributed by atoms with E-state index in [2.05, 4.69) is 5.32 Å². The molecule has 1 aromatic rings. The summed E-state index contributed by atoms with van der Waals surface area (Å²) in [6.07, 6.45) is 3.42. The van der Waals surface area contributed by atoms with E-state index in [1.165, 1.54) is 6.08 Å². The predicted molar refractivity (Wildman–Crippen MR) is 88.0 cm³/mol. The van der Waals surface area contributed by atoms with Crippen LogP contribution in [0.2, 0.25) is 0 Å². The second kappa shape index (κ2) is 8.85. The highest BCUT2D eigenvalue weighted by Gasteiger charge is 2.17. The zero-order chi connectivity index (χ0) is 17.4. The summed E-state index contributed by atoms with van der Waals surface area (Å²) in [7, 11) is 0. The Morgan fingerprint density at radius 3 is 2.75 bits per heavy atom. The summed E-state index contributed by atoms with van der Waals surface area (Å²) in [5.74, 6) is -0.828. The van der Waals surface area contributed by atoms with Crippen molar-refractivity contribution in [3.05, 3.63) is 41.0 Å². The Bertz CT molecular complexity index is 653. The molecule has 1 aliphatic rings. The van der Waals surface area contributed by atoms with Crippen LogP contribution < -0.4 is 5.32 Å². The molecule has 1 amide bonds. The lowest BCUT2D eigenvalue weighted by Gasteiger charge is -2.10. The number of carbonyl (C=O) groups excluding carboxylic acids is 2. The topological polar surface area (TPSA) is 88.4 Å². The molecule has 1 fully saturated rings. The molecule has 126 valence electrons. The highest BCUT2D eigenvalue weighted by molar-refractivity contribution is 6.01. The molecule has 0 radical (unpaired) electrons. The summed E-state index contributed by atoms with van der Waals surface area (Å²) in [5.41, 5.74) is 1.10. The molecular formula is C18H20N2O4. The number of carbonyl (C=O) groups is 2. The monoisotopic (exact) mass is 328 g/mol. The zero-order valence-electron chi connectivity index (χ0n) is 13.6. The molecule has 2 rings (SSSR count). The molecular weight excluding hydrogens is 308 g/mol. The first kappa shape index (κ1) is 17.7. The van der Waals surface area contributed by atoms with Crippen molar-refractivity contribution in [3.63, 3.8) is 0 Å². The van der Waals surface area contributed by atoms with Crippen LogP contribution in [0.3, 0.4) is 0 Å². The predicted octanol–water partition coefficient (Wildman–Crippen LogP) is 2.07. The van der Waals surface area contributed by atoms with Gasteiger partial charge in [0.05, 0.1) is 18.3 Å². The SMILES string of the molecule is CCOC(=O)c1ccc(/C=C(\C#N)C(=O)NC[C@@H]2CCCO2)cc1. The van der Waals surface area contributed by atoms with Gasteiger partial charge < -0.3 is 14.8 Å². The van der Waals surface area contributed by atoms with E-state index in [9.17, 15) is 14.9 Å². The minimum Gasteiger partial charge on any atom is -0.462 e. The third kappa shape index (κ3) is 4.93. The van der Waals surface area contributed by atoms with Crippen molar-refractivity contribution >= 4 is 18.0 Å². The average Bonchev–Trinajstić information content (AvgIpc) is 3.12. The first-order valence-corrected chi connectivity index (χ1v) is 7.92. The van der Waals surface area contributed by atoms with Crippen molar-refractivity contribution in [3.8, 4) is 6.07 Å². The second-order valence-electron chi connectivity index (χ2n) is 5.36. The number of ether oxygens (including phenoxy) is 2. The number of benzene rings is 1. The number of nitrogens with zero attached hydrogens (tertiary/aromatic N) is 1. The number of amides is 1. The molecule has 1 N–H and O–H groups in total. The highest BCUT2D eigenvalue weighted by atomic mass is 16.5. The van der Waals surface area contributed by atoms with Gasteiger partial charge in [-0.05, 0) is 43.5 Å². The maximum atomic E-state index is 12.1. The van der Waals surface area contributed by atoms with Gasteiger partial charge >= 0.3 is 5.97 Å². The van der Waals surface area contributed by atoms with Gasteiger partial charge in [0.15, 0.2) is 0 Å². The Labute approximate surface area is 141 Å². The van der Waals surface area contributed by atoms with Gasteiger partial charge in [-0.1, -0.05) is 12.1 Å². The first-order chi connectivity index (χ1) is 11.6. The first-order valence-electron chi connectivity index (χ1n) is 7.92. The van der Waals surface area contributed by atoms with E-state index in [-0.39, 0.29) is 11.7 Å². The lowest BCUT2D eigenvalue weighted by Crippen LogP contribution is -2.32. The van der Waals surface area contributed by atoms with E-state index in [4.69, 9.17) is 9.47 Å². The van der Waals surface area contributed by atoms with E-state index in [1.807, 2.05) is 6.07 Å². The van der Waals surface area contributed by atoms with Crippen molar-refractivity contribution in [1.82, 2.24) is 5.32 Å². The van der Waals surface area contributed by atoms with Crippen molar-refractivity contribution in [2.24, 2.45) is 0 Å². The van der Waals surface area contributed by atoms with Crippen LogP contribution in [0.5, 0.6) is 0 Å². The van der Waals surface area contributed by atoms with Gasteiger partial charge in [-0.25, -0.2) is 4.79 Å². The molecule has 1 atom stereocenters. The van der Waals surface area contributed by atoms with Crippen LogP contribution >= 0.6 is 0 Å². The van der Waals surface area contributed by atoms with E-state index in [1.54, 1.807) is 31.2 Å². The Morgan fingerprint density at radius 1 is 1.42 bits per heavy atom. The normalized spacial score (nSPS) is 17.2. The zero-order valence-corrected chi connectivity index (χ0v) is 13.6. The molecule has 1 aromatic carbocycles. The summed E-state index contributed by atoms with van der Waals surface area (Å²) in [6, 6.07) is 8.43. The second-order valence-corrected chi connectivity index (χ2v) is 5.36. The molecule has 24 heavy (non-hydrogen) atoms. The standard InChI is InChI=1S/C18H20N2O4/c1-2-23-18(22)14-7-5-13(6-8-14)10-15(11-19)17(21)20-12-16-4-3-9-24-16/h5-8,10,16H,2-4,9,12H2,1H3,(H,20,21)/b15-10+/t16-/m0/s1. The Morgan fingerprint density at radius 2 is 2.17 bits per heavy atom. The van der Waals surface area contributed by atoms with Gasteiger partial charge in [0, 0.05) is 13.2 Å². The van der Waals surface area contributed by atoms with Crippen LogP contribution in [0.1, 0.15) is 35.7 Å². The van der Waals surface area contributed by atoms with Crippen LogP contribution in [-0.4, -0.2) is 37.7 Å². The highest BCUT2D eigenvalue weighted by Crippen LogP contribution is 2.12. The van der Waals surface area contributed by atoms with E-state index >= 15 is 0 Å². The smallest absolute Gasteiger partial charge is 0.338 e. The molecule has 0 bridgehead atoms. The number of hydrogen-bond donors (Lipinski definition) is 1. The van der Waals surface area contributed by atoms with Gasteiger partial charge in [0.25, 0.3) is 5.91 Å². The number of nitrogens with one attached hydrogen (secondary N) is 1. The van der Waals surface area contributed by atoms with Gasteiger partial charge in [-0.15, -0.1) is 0 Å². The maximum Gasteiger partial charge on any atom is 0.338 e. The molecule has 1 saturated heterocycles. The minimum absolute atomic E-state index is 0.0110. The molecule has 6 heteroatoms. The summed E-state index contributed by atoms with van der Waals surface area (Å²) < 4.78 is 10.3. The number of hydrogen-bond acceptors (Lipinski definition) is 5. The quantitative estimate of drug-likeness (QED) is 0.490. The van der Waals surface area contributed by atoms with E-state index < -0.39 is 11.9 Å². The lowest BCUT2D eigenvalue weighted by atomic mass is 10.1. The Hall–Kier alpha value is -2.65. The molecule has 1 aliphatic heterocycles. The molecule has 0 aliphatic carbocycles. The maximum absolute atomic E-state index is 12.1. The average molecular weight is 328 g/mol. The van der Waals surface area contributed by atoms with Gasteiger partial charge in [-0.2, -0.15) is 5.26 Å². The molecule has 0 aromatic heterocycles. The van der Waals surface area contributed by atoms with Gasteiger partial charge in [0.1, 0.15) is 11.6 Å². The Balaban J connectivity index is 1.99. The van der Waals surface area contributed by atoms with Gasteiger partial charge in [-0.3, -0.25) is 4.79 Å². The Kier molecular flexibility index (Phi) is 6.52. The van der Waals surface area contributed by atoms with Crippen LogP contribution in [0.15, 0.2) is 29.8 Å². The van der Waals surface area contributed by atoms with Crippen molar-refractivity contribution < 1.29 is 19.1 Å². The largest absolute Gasteiger partial charge is 0.462 e. The number of esters is 1. The van der Waals surface area contributed by atoms with Crippen LogP contribution in [0, 0.1) is 11.3 Å². The molecule has 0 spiro atoms. The summed E-state index contributed by atoms with van der Waals surface area (Å²) in [4.78, 5) is 23.7. The molecule has 0 saturated carbocycles. The van der Waals surface area contributed by atoms with E-state index in [0.29, 0.717) is 30.9 Å².